The Morgan fingerprint density at radius 3 is 2.67 bits per heavy atom. The van der Waals surface area contributed by atoms with Crippen molar-refractivity contribution >= 4 is 11.8 Å². The van der Waals surface area contributed by atoms with Crippen LogP contribution in [-0.4, -0.2) is 23.9 Å². The van der Waals surface area contributed by atoms with Crippen molar-refractivity contribution in [3.05, 3.63) is 0 Å². The molecular formula is C9H10N4O2. The van der Waals surface area contributed by atoms with E-state index in [0.717, 1.165) is 0 Å². The highest BCUT2D eigenvalue weighted by Gasteiger charge is 2.26. The fraction of sp³-hybridized carbons (Fsp3) is 0.556. The number of rotatable bonds is 1. The largest absolute Gasteiger partial charge is 0.343 e. The monoisotopic (exact) mass is 206 g/mol. The molecule has 0 aromatic rings. The normalized spacial score (nSPS) is 26.3. The first-order chi connectivity index (χ1) is 7.17. The predicted molar refractivity (Wildman–Crippen MR) is 48.9 cm³/mol. The molecule has 2 unspecified atom stereocenters. The van der Waals surface area contributed by atoms with E-state index in [1.165, 1.54) is 0 Å². The van der Waals surface area contributed by atoms with E-state index >= 15 is 0 Å². The van der Waals surface area contributed by atoms with Crippen LogP contribution in [0.15, 0.2) is 0 Å². The highest BCUT2D eigenvalue weighted by Crippen LogP contribution is 2.03. The first-order valence-electron chi connectivity index (χ1n) is 4.53. The van der Waals surface area contributed by atoms with Gasteiger partial charge in [-0.2, -0.15) is 10.5 Å². The van der Waals surface area contributed by atoms with Gasteiger partial charge in [-0.15, -0.1) is 0 Å². The molecule has 6 nitrogen and oxygen atoms in total. The van der Waals surface area contributed by atoms with Crippen molar-refractivity contribution in [1.82, 2.24) is 10.6 Å². The summed E-state index contributed by atoms with van der Waals surface area (Å²) >= 11 is 0. The summed E-state index contributed by atoms with van der Waals surface area (Å²) < 4.78 is 0. The summed E-state index contributed by atoms with van der Waals surface area (Å²) in [6.45, 7) is 0. The van der Waals surface area contributed by atoms with Crippen LogP contribution < -0.4 is 10.6 Å². The number of nitrogens with one attached hydrogen (secondary N) is 2. The van der Waals surface area contributed by atoms with E-state index in [9.17, 15) is 9.59 Å². The summed E-state index contributed by atoms with van der Waals surface area (Å²) in [5.74, 6) is -0.776. The molecule has 0 aromatic carbocycles. The van der Waals surface area contributed by atoms with E-state index in [1.54, 1.807) is 0 Å². The van der Waals surface area contributed by atoms with Crippen LogP contribution in [0.4, 0.5) is 0 Å². The first-order valence-corrected chi connectivity index (χ1v) is 4.53. The Morgan fingerprint density at radius 2 is 2.07 bits per heavy atom. The minimum atomic E-state index is -0.848. The van der Waals surface area contributed by atoms with Gasteiger partial charge in [0, 0.05) is 6.42 Å². The number of carbonyl (C=O) groups excluding carboxylic acids is 2. The van der Waals surface area contributed by atoms with Gasteiger partial charge < -0.3 is 10.6 Å². The second-order valence-electron chi connectivity index (χ2n) is 3.21. The van der Waals surface area contributed by atoms with Crippen LogP contribution in [-0.2, 0) is 9.59 Å². The minimum absolute atomic E-state index is 0.0876. The smallest absolute Gasteiger partial charge is 0.244 e. The van der Waals surface area contributed by atoms with Gasteiger partial charge in [-0.1, -0.05) is 0 Å². The fourth-order valence-electron chi connectivity index (χ4n) is 1.28. The summed E-state index contributed by atoms with van der Waals surface area (Å²) in [5, 5.41) is 22.0. The van der Waals surface area contributed by atoms with Crippen molar-refractivity contribution in [3.63, 3.8) is 0 Å². The Kier molecular flexibility index (Phi) is 3.64. The molecule has 1 rings (SSSR count). The summed E-state index contributed by atoms with van der Waals surface area (Å²) in [7, 11) is 0. The van der Waals surface area contributed by atoms with Crippen molar-refractivity contribution in [3.8, 4) is 12.1 Å². The standard InChI is InChI=1S/C9H10N4O2/c10-4-3-7-9(15)12-6(5-11)1-2-8(14)13-7/h6-7H,1-3H2,(H,12,15)(H,13,14). The Morgan fingerprint density at radius 1 is 1.33 bits per heavy atom. The Bertz CT molecular complexity index is 352. The van der Waals surface area contributed by atoms with Crippen molar-refractivity contribution in [2.24, 2.45) is 0 Å². The predicted octanol–water partition coefficient (Wildman–Crippen LogP) is -0.813. The van der Waals surface area contributed by atoms with Crippen LogP contribution in [0.1, 0.15) is 19.3 Å². The van der Waals surface area contributed by atoms with Gasteiger partial charge in [0.2, 0.25) is 11.8 Å². The number of amides is 2. The molecule has 0 aromatic heterocycles. The van der Waals surface area contributed by atoms with Crippen molar-refractivity contribution in [1.29, 1.82) is 10.5 Å². The summed E-state index contributed by atoms with van der Waals surface area (Å²) in [4.78, 5) is 22.7. The lowest BCUT2D eigenvalue weighted by Gasteiger charge is -2.21. The maximum absolute atomic E-state index is 11.4. The number of hydrogen-bond donors (Lipinski definition) is 2. The molecule has 15 heavy (non-hydrogen) atoms. The van der Waals surface area contributed by atoms with Gasteiger partial charge in [0.05, 0.1) is 18.6 Å². The quantitative estimate of drug-likeness (QED) is 0.585. The van der Waals surface area contributed by atoms with Gasteiger partial charge in [-0.3, -0.25) is 9.59 Å². The van der Waals surface area contributed by atoms with Crippen LogP contribution in [0.5, 0.6) is 0 Å². The molecule has 0 spiro atoms. The van der Waals surface area contributed by atoms with Gasteiger partial charge in [0.1, 0.15) is 12.1 Å². The van der Waals surface area contributed by atoms with Gasteiger partial charge in [0.25, 0.3) is 0 Å². The van der Waals surface area contributed by atoms with E-state index in [4.69, 9.17) is 10.5 Å². The average molecular weight is 206 g/mol. The van der Waals surface area contributed by atoms with Gasteiger partial charge >= 0.3 is 0 Å². The molecule has 1 saturated heterocycles. The van der Waals surface area contributed by atoms with Gasteiger partial charge in [-0.25, -0.2) is 0 Å². The molecule has 1 heterocycles. The van der Waals surface area contributed by atoms with Gasteiger partial charge in [0.15, 0.2) is 0 Å². The molecule has 2 amide bonds. The number of carbonyl (C=O) groups is 2. The SMILES string of the molecule is N#CCC1NC(=O)CCC(C#N)NC1=O. The first kappa shape index (κ1) is 11.0. The van der Waals surface area contributed by atoms with E-state index in [1.807, 2.05) is 12.1 Å². The molecule has 0 radical (unpaired) electrons. The van der Waals surface area contributed by atoms with Crippen LogP contribution in [0.25, 0.3) is 0 Å². The molecule has 1 aliphatic rings. The molecule has 1 fully saturated rings. The van der Waals surface area contributed by atoms with E-state index in [2.05, 4.69) is 10.6 Å². The number of nitrogens with zero attached hydrogens (tertiary/aromatic N) is 2. The zero-order chi connectivity index (χ0) is 11.3. The summed E-state index contributed by atoms with van der Waals surface area (Å²) in [6.07, 6.45) is 0.392. The van der Waals surface area contributed by atoms with Crippen LogP contribution >= 0.6 is 0 Å². The fourth-order valence-corrected chi connectivity index (χ4v) is 1.28. The molecule has 2 atom stereocenters. The lowest BCUT2D eigenvalue weighted by molar-refractivity contribution is -0.130. The van der Waals surface area contributed by atoms with Gasteiger partial charge in [-0.05, 0) is 6.42 Å². The highest BCUT2D eigenvalue weighted by molar-refractivity contribution is 5.89. The summed E-state index contributed by atoms with van der Waals surface area (Å²) in [5.41, 5.74) is 0. The van der Waals surface area contributed by atoms with Crippen molar-refractivity contribution in [2.45, 2.75) is 31.3 Å². The third-order valence-corrected chi connectivity index (χ3v) is 2.08. The molecule has 0 aliphatic carbocycles. The third-order valence-electron chi connectivity index (χ3n) is 2.08. The average Bonchev–Trinajstić information content (AvgIpc) is 2.21. The van der Waals surface area contributed by atoms with E-state index in [-0.39, 0.29) is 18.7 Å². The molecule has 0 bridgehead atoms. The zero-order valence-corrected chi connectivity index (χ0v) is 7.99. The van der Waals surface area contributed by atoms with E-state index < -0.39 is 18.0 Å². The number of hydrogen-bond acceptors (Lipinski definition) is 4. The third kappa shape index (κ3) is 2.96. The Hall–Kier alpha value is -2.08. The lowest BCUT2D eigenvalue weighted by atomic mass is 10.1. The second kappa shape index (κ2) is 4.97. The number of nitriles is 2. The second-order valence-corrected chi connectivity index (χ2v) is 3.21. The maximum atomic E-state index is 11.4. The highest BCUT2D eigenvalue weighted by atomic mass is 16.2. The zero-order valence-electron chi connectivity index (χ0n) is 7.99. The molecule has 0 saturated carbocycles. The minimum Gasteiger partial charge on any atom is -0.343 e. The molecule has 2 N–H and O–H groups in total. The van der Waals surface area contributed by atoms with Crippen molar-refractivity contribution < 1.29 is 9.59 Å². The molecule has 1 aliphatic heterocycles. The molecule has 6 heteroatoms. The van der Waals surface area contributed by atoms with Crippen LogP contribution in [0.3, 0.4) is 0 Å². The van der Waals surface area contributed by atoms with E-state index in [0.29, 0.717) is 6.42 Å². The summed E-state index contributed by atoms with van der Waals surface area (Å²) in [6, 6.07) is 2.20. The molecule has 78 valence electrons. The topological polar surface area (TPSA) is 106 Å². The van der Waals surface area contributed by atoms with Crippen LogP contribution in [0.2, 0.25) is 0 Å². The Labute approximate surface area is 86.9 Å². The van der Waals surface area contributed by atoms with Crippen LogP contribution in [0, 0.1) is 22.7 Å². The van der Waals surface area contributed by atoms with Crippen molar-refractivity contribution in [2.75, 3.05) is 0 Å². The maximum Gasteiger partial charge on any atom is 0.244 e. The Balaban J connectivity index is 2.74. The molecular weight excluding hydrogens is 196 g/mol. The lowest BCUT2D eigenvalue weighted by Crippen LogP contribution is -2.51.